The molecule has 0 heterocycles. The first-order valence-electron chi connectivity index (χ1n) is 8.35. The highest BCUT2D eigenvalue weighted by molar-refractivity contribution is 6.31. The molecule has 0 spiro atoms. The molecule has 27 heavy (non-hydrogen) atoms. The van der Waals surface area contributed by atoms with Crippen molar-refractivity contribution in [1.29, 1.82) is 0 Å². The molecule has 1 amide bonds. The summed E-state index contributed by atoms with van der Waals surface area (Å²) in [6.45, 7) is 0.0861. The number of rotatable bonds is 3. The largest absolute Gasteiger partial charge is 0.506 e. The van der Waals surface area contributed by atoms with Crippen LogP contribution in [0.3, 0.4) is 0 Å². The quantitative estimate of drug-likeness (QED) is 0.583. The van der Waals surface area contributed by atoms with E-state index in [0.29, 0.717) is 0 Å². The van der Waals surface area contributed by atoms with E-state index in [1.54, 1.807) is 0 Å². The topological polar surface area (TPSA) is 58.6 Å². The number of phenolic OH excluding ortho intramolecular Hbond substituents is 1. The Hall–Kier alpha value is -3.05. The number of carbonyl (C=O) groups excluding carboxylic acids is 1. The summed E-state index contributed by atoms with van der Waals surface area (Å²) in [6, 6.07) is 18.3. The van der Waals surface area contributed by atoms with Gasteiger partial charge < -0.3 is 9.84 Å². The third-order valence-corrected chi connectivity index (χ3v) is 4.94. The number of benzene rings is 3. The van der Waals surface area contributed by atoms with Gasteiger partial charge in [-0.3, -0.25) is 5.32 Å². The van der Waals surface area contributed by atoms with Gasteiger partial charge in [0.05, 0.1) is 5.02 Å². The molecule has 1 aliphatic carbocycles. The molecule has 0 fully saturated rings. The van der Waals surface area contributed by atoms with Crippen LogP contribution in [0.2, 0.25) is 5.02 Å². The first-order valence-corrected chi connectivity index (χ1v) is 8.73. The van der Waals surface area contributed by atoms with E-state index >= 15 is 0 Å². The van der Waals surface area contributed by atoms with Crippen molar-refractivity contribution in [3.05, 3.63) is 82.6 Å². The smallest absolute Gasteiger partial charge is 0.411 e. The molecule has 0 unspecified atom stereocenters. The van der Waals surface area contributed by atoms with E-state index in [0.717, 1.165) is 22.3 Å². The van der Waals surface area contributed by atoms with Crippen LogP contribution < -0.4 is 5.32 Å². The van der Waals surface area contributed by atoms with Crippen molar-refractivity contribution in [3.8, 4) is 16.9 Å². The fraction of sp³-hybridized carbons (Fsp3) is 0.0952. The molecule has 1 aliphatic rings. The van der Waals surface area contributed by atoms with Gasteiger partial charge in [0.2, 0.25) is 0 Å². The Morgan fingerprint density at radius 3 is 2.26 bits per heavy atom. The lowest BCUT2D eigenvalue weighted by molar-refractivity contribution is 0.158. The average molecular weight is 384 g/mol. The lowest BCUT2D eigenvalue weighted by Crippen LogP contribution is -2.18. The van der Waals surface area contributed by atoms with Gasteiger partial charge in [-0.1, -0.05) is 60.1 Å². The second-order valence-electron chi connectivity index (χ2n) is 6.21. The molecule has 3 aromatic rings. The molecule has 0 saturated heterocycles. The van der Waals surface area contributed by atoms with Gasteiger partial charge >= 0.3 is 6.09 Å². The molecule has 0 bridgehead atoms. The SMILES string of the molecule is O=C(Nc1c(O)ccc(Cl)c1F)OCC1c2ccccc2-c2ccccc21. The lowest BCUT2D eigenvalue weighted by atomic mass is 9.98. The minimum absolute atomic E-state index is 0.0861. The first kappa shape index (κ1) is 17.4. The standard InChI is InChI=1S/C21H15ClFNO3/c22-17-9-10-18(25)20(19(17)23)24-21(26)27-11-16-14-7-3-1-5-12(14)13-6-2-4-8-15(13)16/h1-10,16,25H,11H2,(H,24,26). The van der Waals surface area contributed by atoms with Gasteiger partial charge in [0, 0.05) is 5.92 Å². The van der Waals surface area contributed by atoms with Crippen molar-refractivity contribution in [3.63, 3.8) is 0 Å². The van der Waals surface area contributed by atoms with Crippen LogP contribution in [0.15, 0.2) is 60.7 Å². The highest BCUT2D eigenvalue weighted by atomic mass is 35.5. The number of fused-ring (bicyclic) bond motifs is 3. The molecule has 0 aliphatic heterocycles. The van der Waals surface area contributed by atoms with Gasteiger partial charge in [0.1, 0.15) is 18.0 Å². The predicted molar refractivity (Wildman–Crippen MR) is 102 cm³/mol. The summed E-state index contributed by atoms with van der Waals surface area (Å²) in [6.07, 6.45) is -0.867. The maximum absolute atomic E-state index is 14.0. The molecule has 136 valence electrons. The molecule has 4 nitrogen and oxygen atoms in total. The molecular weight excluding hydrogens is 369 g/mol. The Bertz CT molecular complexity index is 992. The Labute approximate surface area is 160 Å². The Morgan fingerprint density at radius 1 is 1.04 bits per heavy atom. The predicted octanol–water partition coefficient (Wildman–Crippen LogP) is 5.55. The van der Waals surface area contributed by atoms with E-state index in [1.165, 1.54) is 12.1 Å². The Balaban J connectivity index is 1.53. The number of amides is 1. The fourth-order valence-electron chi connectivity index (χ4n) is 3.40. The van der Waals surface area contributed by atoms with Crippen LogP contribution in [-0.2, 0) is 4.74 Å². The van der Waals surface area contributed by atoms with E-state index in [2.05, 4.69) is 5.32 Å². The van der Waals surface area contributed by atoms with E-state index in [-0.39, 0.29) is 17.5 Å². The van der Waals surface area contributed by atoms with E-state index in [1.807, 2.05) is 48.5 Å². The number of hydrogen-bond donors (Lipinski definition) is 2. The summed E-state index contributed by atoms with van der Waals surface area (Å²) in [5.41, 5.74) is 3.97. The molecule has 2 N–H and O–H groups in total. The van der Waals surface area contributed by atoms with Gasteiger partial charge in [-0.15, -0.1) is 0 Å². The minimum atomic E-state index is -0.912. The zero-order chi connectivity index (χ0) is 19.0. The van der Waals surface area contributed by atoms with E-state index in [4.69, 9.17) is 16.3 Å². The first-order chi connectivity index (χ1) is 13.1. The zero-order valence-electron chi connectivity index (χ0n) is 14.1. The summed E-state index contributed by atoms with van der Waals surface area (Å²) < 4.78 is 19.3. The monoisotopic (exact) mass is 383 g/mol. The molecule has 4 rings (SSSR count). The van der Waals surface area contributed by atoms with Crippen LogP contribution in [0, 0.1) is 5.82 Å². The third-order valence-electron chi connectivity index (χ3n) is 4.64. The van der Waals surface area contributed by atoms with Crippen LogP contribution in [0.5, 0.6) is 5.75 Å². The van der Waals surface area contributed by atoms with Gasteiger partial charge in [0.25, 0.3) is 0 Å². The zero-order valence-corrected chi connectivity index (χ0v) is 14.8. The van der Waals surface area contributed by atoms with Crippen LogP contribution in [0.4, 0.5) is 14.9 Å². The summed E-state index contributed by atoms with van der Waals surface area (Å²) >= 11 is 5.68. The summed E-state index contributed by atoms with van der Waals surface area (Å²) in [4.78, 5) is 12.2. The molecule has 3 aromatic carbocycles. The number of halogens is 2. The van der Waals surface area contributed by atoms with Crippen molar-refractivity contribution in [2.24, 2.45) is 0 Å². The molecule has 0 radical (unpaired) electrons. The van der Waals surface area contributed by atoms with Crippen molar-refractivity contribution < 1.29 is 19.0 Å². The van der Waals surface area contributed by atoms with Crippen LogP contribution >= 0.6 is 11.6 Å². The second kappa shape index (κ2) is 6.93. The Kier molecular flexibility index (Phi) is 4.46. The van der Waals surface area contributed by atoms with Gasteiger partial charge in [-0.05, 0) is 34.4 Å². The molecule has 0 atom stereocenters. The molecule has 6 heteroatoms. The number of ether oxygens (including phenoxy) is 1. The van der Waals surface area contributed by atoms with Crippen LogP contribution in [-0.4, -0.2) is 17.8 Å². The molecule has 0 aromatic heterocycles. The van der Waals surface area contributed by atoms with Crippen LogP contribution in [0.25, 0.3) is 11.1 Å². The number of aromatic hydroxyl groups is 1. The van der Waals surface area contributed by atoms with Gasteiger partial charge in [-0.2, -0.15) is 0 Å². The summed E-state index contributed by atoms with van der Waals surface area (Å²) in [5, 5.41) is 11.7. The molecule has 0 saturated carbocycles. The number of nitrogens with one attached hydrogen (secondary N) is 1. The number of phenols is 1. The highest BCUT2D eigenvalue weighted by Gasteiger charge is 2.29. The van der Waals surface area contributed by atoms with E-state index < -0.39 is 23.3 Å². The number of carbonyl (C=O) groups is 1. The highest BCUT2D eigenvalue weighted by Crippen LogP contribution is 2.44. The van der Waals surface area contributed by atoms with Gasteiger partial charge in [-0.25, -0.2) is 9.18 Å². The summed E-state index contributed by atoms with van der Waals surface area (Å²) in [7, 11) is 0. The Morgan fingerprint density at radius 2 is 1.63 bits per heavy atom. The lowest BCUT2D eigenvalue weighted by Gasteiger charge is -2.15. The van der Waals surface area contributed by atoms with Gasteiger partial charge in [0.15, 0.2) is 5.82 Å². The normalized spacial score (nSPS) is 12.4. The van der Waals surface area contributed by atoms with Crippen molar-refractivity contribution in [2.45, 2.75) is 5.92 Å². The number of anilines is 1. The van der Waals surface area contributed by atoms with Crippen molar-refractivity contribution >= 4 is 23.4 Å². The maximum atomic E-state index is 14.0. The van der Waals surface area contributed by atoms with Crippen molar-refractivity contribution in [1.82, 2.24) is 0 Å². The fourth-order valence-corrected chi connectivity index (χ4v) is 3.55. The van der Waals surface area contributed by atoms with Crippen molar-refractivity contribution in [2.75, 3.05) is 11.9 Å². The minimum Gasteiger partial charge on any atom is -0.506 e. The summed E-state index contributed by atoms with van der Waals surface area (Å²) in [5.74, 6) is -1.45. The molecular formula is C21H15ClFNO3. The van der Waals surface area contributed by atoms with Crippen LogP contribution in [0.1, 0.15) is 17.0 Å². The maximum Gasteiger partial charge on any atom is 0.411 e. The second-order valence-corrected chi connectivity index (χ2v) is 6.61. The third kappa shape index (κ3) is 3.11. The average Bonchev–Trinajstić information content (AvgIpc) is 3.01. The number of hydrogen-bond acceptors (Lipinski definition) is 3. The van der Waals surface area contributed by atoms with E-state index in [9.17, 15) is 14.3 Å².